The van der Waals surface area contributed by atoms with Crippen LogP contribution in [0.3, 0.4) is 0 Å². The van der Waals surface area contributed by atoms with Gasteiger partial charge in [0.05, 0.1) is 0 Å². The Balaban J connectivity index is 0.00000135. The predicted octanol–water partition coefficient (Wildman–Crippen LogP) is 12.5. The predicted molar refractivity (Wildman–Crippen MR) is 181 cm³/mol. The molecule has 0 radical (unpaired) electrons. The molecule has 1 nitrogen and oxygen atoms in total. The zero-order chi connectivity index (χ0) is 30.7. The topological polar surface area (TPSA) is 17.1 Å². The summed E-state index contributed by atoms with van der Waals surface area (Å²) in [4.78, 5) is 11.4. The van der Waals surface area contributed by atoms with Gasteiger partial charge in [0, 0.05) is 5.92 Å². The molecule has 1 heteroatoms. The van der Waals surface area contributed by atoms with Gasteiger partial charge in [-0.3, -0.25) is 4.79 Å². The molecule has 4 rings (SSSR count). The van der Waals surface area contributed by atoms with Crippen molar-refractivity contribution in [2.24, 2.45) is 23.2 Å². The van der Waals surface area contributed by atoms with Gasteiger partial charge in [-0.1, -0.05) is 131 Å². The molecular weight excluding hydrogens is 484 g/mol. The molecule has 1 aromatic carbocycles. The van der Waals surface area contributed by atoms with E-state index in [4.69, 9.17) is 0 Å². The van der Waals surface area contributed by atoms with Gasteiger partial charge >= 0.3 is 0 Å². The molecular formula is C39H66O. The molecule has 0 heterocycles. The van der Waals surface area contributed by atoms with Gasteiger partial charge in [0.15, 0.2) is 0 Å². The van der Waals surface area contributed by atoms with Crippen LogP contribution in [0.2, 0.25) is 0 Å². The Morgan fingerprint density at radius 2 is 1.48 bits per heavy atom. The van der Waals surface area contributed by atoms with E-state index >= 15 is 0 Å². The molecule has 3 aliphatic carbocycles. The molecule has 1 aromatic rings. The minimum atomic E-state index is 0.340. The number of aldehydes is 1. The van der Waals surface area contributed by atoms with Crippen LogP contribution >= 0.6 is 0 Å². The van der Waals surface area contributed by atoms with Crippen LogP contribution in [-0.4, -0.2) is 6.29 Å². The van der Waals surface area contributed by atoms with E-state index in [1.54, 1.807) is 5.57 Å². The molecule has 2 fully saturated rings. The third-order valence-corrected chi connectivity index (χ3v) is 8.69. The second-order valence-corrected chi connectivity index (χ2v) is 11.5. The fourth-order valence-electron chi connectivity index (χ4n) is 7.21. The van der Waals surface area contributed by atoms with E-state index in [-0.39, 0.29) is 0 Å². The molecule has 0 N–H and O–H groups in total. The molecule has 5 atom stereocenters. The standard InChI is InChI=1S/C29H38O.2C3H8.2C2H6/c1-5-8-24-22(17-18-30)13-15-25-27-16-14-23(7-3)29(27,4)19-26(28(24)25)21-11-9-20(6-2)10-12-21;2*1-3-2;2*1-2/h7,9-12,17-18,23,25-27H,3,5-6,8,13-16,19H2,1-2,4H3;2*3H2,1-2H3;2*1-2H3/b22-17-;;;;. The molecule has 2 saturated carbocycles. The van der Waals surface area contributed by atoms with Crippen molar-refractivity contribution in [2.45, 2.75) is 146 Å². The molecule has 0 amide bonds. The van der Waals surface area contributed by atoms with Crippen LogP contribution in [0.5, 0.6) is 0 Å². The van der Waals surface area contributed by atoms with Crippen LogP contribution in [0, 0.1) is 23.2 Å². The highest BCUT2D eigenvalue weighted by atomic mass is 16.1. The van der Waals surface area contributed by atoms with Gasteiger partial charge < -0.3 is 0 Å². The van der Waals surface area contributed by atoms with Gasteiger partial charge in [0.25, 0.3) is 0 Å². The number of hydrogen-bond acceptors (Lipinski definition) is 1. The third-order valence-electron chi connectivity index (χ3n) is 8.69. The van der Waals surface area contributed by atoms with Gasteiger partial charge in [-0.2, -0.15) is 0 Å². The third kappa shape index (κ3) is 9.32. The Bertz CT molecular complexity index is 884. The van der Waals surface area contributed by atoms with Gasteiger partial charge in [-0.25, -0.2) is 0 Å². The van der Waals surface area contributed by atoms with Crippen molar-refractivity contribution in [3.8, 4) is 0 Å². The maximum absolute atomic E-state index is 11.4. The number of benzene rings is 1. The normalized spacial score (nSPS) is 27.1. The fourth-order valence-corrected chi connectivity index (χ4v) is 7.21. The number of rotatable bonds is 6. The lowest BCUT2D eigenvalue weighted by Crippen LogP contribution is -2.42. The minimum absolute atomic E-state index is 0.340. The number of aryl methyl sites for hydroxylation is 1. The van der Waals surface area contributed by atoms with Crippen LogP contribution in [0.4, 0.5) is 0 Å². The first-order chi connectivity index (χ1) is 19.4. The van der Waals surface area contributed by atoms with E-state index in [9.17, 15) is 4.79 Å². The van der Waals surface area contributed by atoms with Crippen LogP contribution in [-0.2, 0) is 11.2 Å². The molecule has 0 bridgehead atoms. The lowest BCUT2D eigenvalue weighted by molar-refractivity contribution is -0.104. The SMILES string of the molecule is C=CC1CCC2C3CC/C(=C/C=O)C(CCC)=C3C(c3ccc(CC)cc3)CC12C.CC.CC.CCC.CCC. The fraction of sp³-hybridized carbons (Fsp3) is 0.667. The van der Waals surface area contributed by atoms with E-state index < -0.39 is 0 Å². The molecule has 3 aliphatic rings. The van der Waals surface area contributed by atoms with Crippen LogP contribution in [0.15, 0.2) is 59.7 Å². The molecule has 5 unspecified atom stereocenters. The highest BCUT2D eigenvalue weighted by molar-refractivity contribution is 5.69. The Kier molecular flexibility index (Phi) is 19.9. The first-order valence-corrected chi connectivity index (χ1v) is 17.0. The summed E-state index contributed by atoms with van der Waals surface area (Å²) in [6.07, 6.45) is 17.0. The second-order valence-electron chi connectivity index (χ2n) is 11.5. The van der Waals surface area contributed by atoms with Crippen molar-refractivity contribution in [3.05, 3.63) is 70.8 Å². The van der Waals surface area contributed by atoms with Crippen molar-refractivity contribution >= 4 is 6.29 Å². The lowest BCUT2D eigenvalue weighted by atomic mass is 9.52. The number of allylic oxidation sites excluding steroid dienone is 5. The van der Waals surface area contributed by atoms with Crippen molar-refractivity contribution < 1.29 is 4.79 Å². The summed E-state index contributed by atoms with van der Waals surface area (Å²) in [5.74, 6) is 2.52. The average molecular weight is 551 g/mol. The molecule has 0 saturated heterocycles. The zero-order valence-corrected chi connectivity index (χ0v) is 28.5. The van der Waals surface area contributed by atoms with Crippen molar-refractivity contribution in [3.63, 3.8) is 0 Å². The summed E-state index contributed by atoms with van der Waals surface area (Å²) in [6.45, 7) is 27.8. The monoisotopic (exact) mass is 551 g/mol. The lowest BCUT2D eigenvalue weighted by Gasteiger charge is -2.52. The quantitative estimate of drug-likeness (QED) is 0.195. The first-order valence-electron chi connectivity index (χ1n) is 17.0. The summed E-state index contributed by atoms with van der Waals surface area (Å²) in [5, 5.41) is 0. The Hall–Kier alpha value is -1.89. The minimum Gasteiger partial charge on any atom is -0.299 e. The number of fused-ring (bicyclic) bond motifs is 3. The molecule has 0 spiro atoms. The number of carbonyl (C=O) groups is 1. The molecule has 0 aliphatic heterocycles. The van der Waals surface area contributed by atoms with E-state index in [2.05, 4.69) is 85.4 Å². The van der Waals surface area contributed by atoms with E-state index in [0.29, 0.717) is 23.2 Å². The molecule has 228 valence electrons. The second kappa shape index (κ2) is 20.9. The highest BCUT2D eigenvalue weighted by Gasteiger charge is 2.55. The maximum atomic E-state index is 11.4. The van der Waals surface area contributed by atoms with Crippen LogP contribution in [0.1, 0.15) is 151 Å². The summed E-state index contributed by atoms with van der Waals surface area (Å²) in [6, 6.07) is 9.42. The summed E-state index contributed by atoms with van der Waals surface area (Å²) < 4.78 is 0. The number of carbonyl (C=O) groups excluding carboxylic acids is 1. The average Bonchev–Trinajstić information content (AvgIpc) is 3.33. The van der Waals surface area contributed by atoms with Crippen molar-refractivity contribution in [1.82, 2.24) is 0 Å². The van der Waals surface area contributed by atoms with Gasteiger partial charge in [-0.05, 0) is 96.5 Å². The highest BCUT2D eigenvalue weighted by Crippen LogP contribution is 2.65. The largest absolute Gasteiger partial charge is 0.299 e. The summed E-state index contributed by atoms with van der Waals surface area (Å²) >= 11 is 0. The summed E-state index contributed by atoms with van der Waals surface area (Å²) in [5.41, 5.74) is 7.75. The van der Waals surface area contributed by atoms with Gasteiger partial charge in [0.2, 0.25) is 0 Å². The van der Waals surface area contributed by atoms with Crippen molar-refractivity contribution in [2.75, 3.05) is 0 Å². The van der Waals surface area contributed by atoms with Gasteiger partial charge in [-0.15, -0.1) is 6.58 Å². The number of hydrogen-bond donors (Lipinski definition) is 0. The Labute approximate surface area is 251 Å². The Morgan fingerprint density at radius 3 is 1.95 bits per heavy atom. The van der Waals surface area contributed by atoms with Gasteiger partial charge in [0.1, 0.15) is 6.29 Å². The van der Waals surface area contributed by atoms with E-state index in [1.165, 1.54) is 60.8 Å². The first kappa shape index (κ1) is 38.1. The molecule has 40 heavy (non-hydrogen) atoms. The van der Waals surface area contributed by atoms with Crippen molar-refractivity contribution in [1.29, 1.82) is 0 Å². The summed E-state index contributed by atoms with van der Waals surface area (Å²) in [7, 11) is 0. The smallest absolute Gasteiger partial charge is 0.143 e. The maximum Gasteiger partial charge on any atom is 0.143 e. The van der Waals surface area contributed by atoms with E-state index in [0.717, 1.165) is 37.9 Å². The van der Waals surface area contributed by atoms with Crippen LogP contribution in [0.25, 0.3) is 0 Å². The molecule has 0 aromatic heterocycles. The zero-order valence-electron chi connectivity index (χ0n) is 28.5. The van der Waals surface area contributed by atoms with Crippen LogP contribution < -0.4 is 0 Å². The Morgan fingerprint density at radius 1 is 0.900 bits per heavy atom. The van der Waals surface area contributed by atoms with E-state index in [1.807, 2.05) is 33.8 Å².